The van der Waals surface area contributed by atoms with Crippen LogP contribution in [-0.2, 0) is 18.3 Å². The van der Waals surface area contributed by atoms with Crippen LogP contribution in [0, 0.1) is 0 Å². The number of nitrogens with two attached hydrogens (primary N) is 1. The van der Waals surface area contributed by atoms with Crippen LogP contribution in [-0.4, -0.2) is 21.7 Å². The molecule has 0 radical (unpaired) electrons. The first kappa shape index (κ1) is 12.1. The number of carbonyl (C=O) groups excluding carboxylic acids is 1. The van der Waals surface area contributed by atoms with Gasteiger partial charge in [0.2, 0.25) is 5.91 Å². The summed E-state index contributed by atoms with van der Waals surface area (Å²) < 4.78 is 1.90. The van der Waals surface area contributed by atoms with E-state index in [1.54, 1.807) is 0 Å². The summed E-state index contributed by atoms with van der Waals surface area (Å²) in [5.41, 5.74) is 8.10. The number of aryl methyl sites for hydroxylation is 1. The average molecular weight is 236 g/mol. The topological polar surface area (TPSA) is 72.9 Å². The van der Waals surface area contributed by atoms with Gasteiger partial charge in [-0.1, -0.05) is 6.92 Å². The Balaban J connectivity index is 2.11. The van der Waals surface area contributed by atoms with Gasteiger partial charge in [0.15, 0.2) is 0 Å². The minimum Gasteiger partial charge on any atom is -0.348 e. The summed E-state index contributed by atoms with van der Waals surface area (Å²) in [7, 11) is 1.95. The van der Waals surface area contributed by atoms with Gasteiger partial charge in [0.1, 0.15) is 0 Å². The highest BCUT2D eigenvalue weighted by molar-refractivity contribution is 5.81. The first-order valence-corrected chi connectivity index (χ1v) is 6.20. The highest BCUT2D eigenvalue weighted by atomic mass is 16.2. The van der Waals surface area contributed by atoms with E-state index in [0.717, 1.165) is 24.8 Å². The molecule has 0 fully saturated rings. The second kappa shape index (κ2) is 4.87. The molecule has 17 heavy (non-hydrogen) atoms. The normalized spacial score (nSPS) is 20.8. The predicted molar refractivity (Wildman–Crippen MR) is 65.3 cm³/mol. The van der Waals surface area contributed by atoms with Crippen molar-refractivity contribution >= 4 is 5.91 Å². The molecule has 5 nitrogen and oxygen atoms in total. The average Bonchev–Trinajstić information content (AvgIpc) is 2.71. The predicted octanol–water partition coefficient (Wildman–Crippen LogP) is 0.651. The summed E-state index contributed by atoms with van der Waals surface area (Å²) in [6, 6.07) is -0.324. The standard InChI is InChI=1S/C12H20N4O/c1-3-9(13)12(17)15-10-5-4-6-11-8(10)7-14-16(11)2/h7,9-10H,3-6,13H2,1-2H3,(H,15,17)/t9-,10?/m0/s1. The Morgan fingerprint density at radius 3 is 3.24 bits per heavy atom. The van der Waals surface area contributed by atoms with Crippen molar-refractivity contribution in [1.29, 1.82) is 0 Å². The van der Waals surface area contributed by atoms with Crippen molar-refractivity contribution in [2.45, 2.75) is 44.7 Å². The van der Waals surface area contributed by atoms with E-state index in [-0.39, 0.29) is 11.9 Å². The molecule has 2 rings (SSSR count). The molecule has 1 aromatic rings. The molecular formula is C12H20N4O. The van der Waals surface area contributed by atoms with Crippen molar-refractivity contribution < 1.29 is 4.79 Å². The number of nitrogens with one attached hydrogen (secondary N) is 1. The first-order chi connectivity index (χ1) is 8.13. The molecule has 0 bridgehead atoms. The maximum Gasteiger partial charge on any atom is 0.237 e. The highest BCUT2D eigenvalue weighted by Gasteiger charge is 2.25. The number of carbonyl (C=O) groups is 1. The highest BCUT2D eigenvalue weighted by Crippen LogP contribution is 2.29. The summed E-state index contributed by atoms with van der Waals surface area (Å²) in [4.78, 5) is 11.8. The molecule has 0 aromatic carbocycles. The number of hydrogen-bond donors (Lipinski definition) is 2. The van der Waals surface area contributed by atoms with Crippen molar-refractivity contribution in [1.82, 2.24) is 15.1 Å². The molecule has 5 heteroatoms. The number of nitrogens with zero attached hydrogens (tertiary/aromatic N) is 2. The third-order valence-corrected chi connectivity index (χ3v) is 3.47. The fourth-order valence-electron chi connectivity index (χ4n) is 2.32. The zero-order chi connectivity index (χ0) is 12.4. The van der Waals surface area contributed by atoms with E-state index in [1.165, 1.54) is 5.69 Å². The van der Waals surface area contributed by atoms with Gasteiger partial charge in [0, 0.05) is 18.3 Å². The van der Waals surface area contributed by atoms with Gasteiger partial charge in [0.05, 0.1) is 18.3 Å². The lowest BCUT2D eigenvalue weighted by Gasteiger charge is -2.25. The van der Waals surface area contributed by atoms with Crippen LogP contribution in [0.4, 0.5) is 0 Å². The largest absolute Gasteiger partial charge is 0.348 e. The number of aromatic nitrogens is 2. The maximum absolute atomic E-state index is 11.8. The summed E-state index contributed by atoms with van der Waals surface area (Å²) >= 11 is 0. The zero-order valence-corrected chi connectivity index (χ0v) is 10.4. The smallest absolute Gasteiger partial charge is 0.237 e. The second-order valence-corrected chi connectivity index (χ2v) is 4.64. The summed E-state index contributed by atoms with van der Waals surface area (Å²) in [6.45, 7) is 1.92. The quantitative estimate of drug-likeness (QED) is 0.809. The van der Waals surface area contributed by atoms with E-state index in [1.807, 2.05) is 24.9 Å². The lowest BCUT2D eigenvalue weighted by Crippen LogP contribution is -2.42. The van der Waals surface area contributed by atoms with Crippen molar-refractivity contribution in [2.75, 3.05) is 0 Å². The lowest BCUT2D eigenvalue weighted by atomic mass is 9.92. The van der Waals surface area contributed by atoms with E-state index in [2.05, 4.69) is 10.4 Å². The van der Waals surface area contributed by atoms with Crippen molar-refractivity contribution in [3.05, 3.63) is 17.5 Å². The monoisotopic (exact) mass is 236 g/mol. The molecule has 1 aliphatic rings. The Morgan fingerprint density at radius 2 is 2.53 bits per heavy atom. The molecule has 1 aromatic heterocycles. The van der Waals surface area contributed by atoms with Gasteiger partial charge in [-0.25, -0.2) is 0 Å². The molecule has 1 aliphatic carbocycles. The molecule has 1 amide bonds. The minimum absolute atomic E-state index is 0.0609. The Bertz CT molecular complexity index is 413. The van der Waals surface area contributed by atoms with Crippen LogP contribution in [0.3, 0.4) is 0 Å². The van der Waals surface area contributed by atoms with Gasteiger partial charge in [-0.3, -0.25) is 9.48 Å². The van der Waals surface area contributed by atoms with E-state index < -0.39 is 6.04 Å². The van der Waals surface area contributed by atoms with Crippen LogP contribution in [0.2, 0.25) is 0 Å². The molecule has 0 aliphatic heterocycles. The molecular weight excluding hydrogens is 216 g/mol. The van der Waals surface area contributed by atoms with E-state index in [9.17, 15) is 4.79 Å². The van der Waals surface area contributed by atoms with Crippen LogP contribution < -0.4 is 11.1 Å². The van der Waals surface area contributed by atoms with Crippen LogP contribution in [0.5, 0.6) is 0 Å². The third kappa shape index (κ3) is 2.34. The van der Waals surface area contributed by atoms with E-state index in [4.69, 9.17) is 5.73 Å². The molecule has 0 spiro atoms. The molecule has 3 N–H and O–H groups in total. The van der Waals surface area contributed by atoms with Crippen molar-refractivity contribution in [3.63, 3.8) is 0 Å². The molecule has 1 heterocycles. The zero-order valence-electron chi connectivity index (χ0n) is 10.4. The van der Waals surface area contributed by atoms with Gasteiger partial charge in [-0.2, -0.15) is 5.10 Å². The van der Waals surface area contributed by atoms with Gasteiger partial charge in [-0.15, -0.1) is 0 Å². The fourth-order valence-corrected chi connectivity index (χ4v) is 2.32. The van der Waals surface area contributed by atoms with Gasteiger partial charge in [-0.05, 0) is 25.7 Å². The Labute approximate surface area is 101 Å². The maximum atomic E-state index is 11.8. The molecule has 0 saturated heterocycles. The van der Waals surface area contributed by atoms with Crippen LogP contribution in [0.15, 0.2) is 6.20 Å². The molecule has 94 valence electrons. The summed E-state index contributed by atoms with van der Waals surface area (Å²) in [6.07, 6.45) is 5.62. The summed E-state index contributed by atoms with van der Waals surface area (Å²) in [5.74, 6) is -0.0609. The third-order valence-electron chi connectivity index (χ3n) is 3.47. The Kier molecular flexibility index (Phi) is 3.47. The van der Waals surface area contributed by atoms with Crippen LogP contribution in [0.1, 0.15) is 43.5 Å². The molecule has 1 unspecified atom stereocenters. The number of amides is 1. The number of rotatable bonds is 3. The molecule has 2 atom stereocenters. The Morgan fingerprint density at radius 1 is 1.76 bits per heavy atom. The first-order valence-electron chi connectivity index (χ1n) is 6.20. The van der Waals surface area contributed by atoms with E-state index >= 15 is 0 Å². The van der Waals surface area contributed by atoms with Gasteiger partial charge in [0.25, 0.3) is 0 Å². The number of fused-ring (bicyclic) bond motifs is 1. The van der Waals surface area contributed by atoms with Gasteiger partial charge >= 0.3 is 0 Å². The van der Waals surface area contributed by atoms with Crippen molar-refractivity contribution in [3.8, 4) is 0 Å². The van der Waals surface area contributed by atoms with Crippen LogP contribution in [0.25, 0.3) is 0 Å². The molecule has 0 saturated carbocycles. The van der Waals surface area contributed by atoms with Gasteiger partial charge < -0.3 is 11.1 Å². The minimum atomic E-state index is -0.406. The van der Waals surface area contributed by atoms with Crippen molar-refractivity contribution in [2.24, 2.45) is 12.8 Å². The summed E-state index contributed by atoms with van der Waals surface area (Å²) in [5, 5.41) is 7.28. The second-order valence-electron chi connectivity index (χ2n) is 4.64. The van der Waals surface area contributed by atoms with Crippen LogP contribution >= 0.6 is 0 Å². The lowest BCUT2D eigenvalue weighted by molar-refractivity contribution is -0.123. The SMILES string of the molecule is CC[C@H](N)C(=O)NC1CCCc2c1cnn2C. The Hall–Kier alpha value is -1.36. The fraction of sp³-hybridized carbons (Fsp3) is 0.667. The number of hydrogen-bond acceptors (Lipinski definition) is 3. The van der Waals surface area contributed by atoms with E-state index in [0.29, 0.717) is 6.42 Å².